The predicted molar refractivity (Wildman–Crippen MR) is 89.2 cm³/mol. The van der Waals surface area contributed by atoms with Crippen LogP contribution < -0.4 is 5.32 Å². The minimum absolute atomic E-state index is 0.369. The molecule has 0 amide bonds. The molecule has 0 aliphatic heterocycles. The van der Waals surface area contributed by atoms with Crippen molar-refractivity contribution in [1.29, 1.82) is 0 Å². The monoisotopic (exact) mass is 289 g/mol. The second-order valence-corrected chi connectivity index (χ2v) is 5.87. The molecule has 116 valence electrons. The third kappa shape index (κ3) is 3.57. The van der Waals surface area contributed by atoms with E-state index in [1.54, 1.807) is 7.11 Å². The average Bonchev–Trinajstić information content (AvgIpc) is 2.42. The summed E-state index contributed by atoms with van der Waals surface area (Å²) in [7, 11) is 3.58. The second kappa shape index (κ2) is 6.20. The number of methoxy groups -OCH3 is 1. The molecule has 1 N–H and O–H groups in total. The van der Waals surface area contributed by atoms with E-state index >= 15 is 0 Å². The largest absolute Gasteiger partial charge is 0.499 e. The van der Waals surface area contributed by atoms with Gasteiger partial charge in [0.15, 0.2) is 0 Å². The van der Waals surface area contributed by atoms with Crippen molar-refractivity contribution in [3.63, 3.8) is 0 Å². The fraction of sp³-hybridized carbons (Fsp3) is 0.471. The maximum Gasteiger partial charge on any atom is 0.134 e. The van der Waals surface area contributed by atoms with Gasteiger partial charge in [-0.05, 0) is 45.7 Å². The normalized spacial score (nSPS) is 11.0. The van der Waals surface area contributed by atoms with Crippen molar-refractivity contribution in [1.82, 2.24) is 9.88 Å². The van der Waals surface area contributed by atoms with Crippen LogP contribution in [0.25, 0.3) is 0 Å². The zero-order valence-corrected chi connectivity index (χ0v) is 14.3. The lowest BCUT2D eigenvalue weighted by molar-refractivity contribution is 0.144. The molecule has 1 aromatic rings. The lowest BCUT2D eigenvalue weighted by atomic mass is 10.0. The molecule has 0 atom stereocenters. The van der Waals surface area contributed by atoms with Crippen LogP contribution in [0.1, 0.15) is 30.7 Å². The summed E-state index contributed by atoms with van der Waals surface area (Å²) in [6.45, 7) is 18.2. The SMILES string of the molecule is C=C(Nc1nc(C)c(C)cc1C)N(C)C(C)(C)C(=C)OC. The summed E-state index contributed by atoms with van der Waals surface area (Å²) in [5.74, 6) is 2.25. The zero-order valence-electron chi connectivity index (χ0n) is 14.3. The Morgan fingerprint density at radius 2 is 1.81 bits per heavy atom. The maximum atomic E-state index is 5.27. The highest BCUT2D eigenvalue weighted by Gasteiger charge is 2.29. The first-order valence-electron chi connectivity index (χ1n) is 6.99. The Hall–Kier alpha value is -1.97. The molecule has 4 heteroatoms. The molecule has 0 saturated heterocycles. The molecule has 0 radical (unpaired) electrons. The number of nitrogens with one attached hydrogen (secondary N) is 1. The maximum absolute atomic E-state index is 5.27. The highest BCUT2D eigenvalue weighted by Crippen LogP contribution is 2.26. The van der Waals surface area contributed by atoms with Gasteiger partial charge in [0.1, 0.15) is 17.4 Å². The number of rotatable bonds is 6. The minimum atomic E-state index is -0.369. The number of nitrogens with zero attached hydrogens (tertiary/aromatic N) is 2. The lowest BCUT2D eigenvalue weighted by Gasteiger charge is -2.39. The van der Waals surface area contributed by atoms with E-state index in [0.717, 1.165) is 22.9 Å². The van der Waals surface area contributed by atoms with Gasteiger partial charge in [0.05, 0.1) is 12.6 Å². The van der Waals surface area contributed by atoms with Crippen LogP contribution in [0.3, 0.4) is 0 Å². The molecule has 21 heavy (non-hydrogen) atoms. The van der Waals surface area contributed by atoms with Gasteiger partial charge in [0, 0.05) is 12.7 Å². The number of hydrogen-bond acceptors (Lipinski definition) is 4. The van der Waals surface area contributed by atoms with Crippen LogP contribution in [0, 0.1) is 20.8 Å². The van der Waals surface area contributed by atoms with E-state index in [1.165, 1.54) is 5.56 Å². The molecule has 0 aromatic carbocycles. The third-order valence-corrected chi connectivity index (χ3v) is 4.09. The molecule has 0 unspecified atom stereocenters. The van der Waals surface area contributed by atoms with Gasteiger partial charge in [-0.15, -0.1) is 0 Å². The van der Waals surface area contributed by atoms with Crippen LogP contribution in [0.2, 0.25) is 0 Å². The molecule has 4 nitrogen and oxygen atoms in total. The third-order valence-electron chi connectivity index (χ3n) is 4.09. The van der Waals surface area contributed by atoms with Crippen molar-refractivity contribution in [2.75, 3.05) is 19.5 Å². The Bertz CT molecular complexity index is 561. The van der Waals surface area contributed by atoms with Gasteiger partial charge in [-0.25, -0.2) is 4.98 Å². The molecule has 0 saturated carbocycles. The number of aromatic nitrogens is 1. The summed E-state index contributed by atoms with van der Waals surface area (Å²) in [5.41, 5.74) is 2.92. The molecular weight excluding hydrogens is 262 g/mol. The zero-order chi connectivity index (χ0) is 16.4. The van der Waals surface area contributed by atoms with Crippen molar-refractivity contribution >= 4 is 5.82 Å². The van der Waals surface area contributed by atoms with E-state index in [0.29, 0.717) is 5.76 Å². The second-order valence-electron chi connectivity index (χ2n) is 5.87. The highest BCUT2D eigenvalue weighted by molar-refractivity contribution is 5.50. The predicted octanol–water partition coefficient (Wildman–Crippen LogP) is 3.76. The lowest BCUT2D eigenvalue weighted by Crippen LogP contribution is -2.43. The first-order chi connectivity index (χ1) is 9.61. The summed E-state index contributed by atoms with van der Waals surface area (Å²) < 4.78 is 5.27. The van der Waals surface area contributed by atoms with Gasteiger partial charge in [0.2, 0.25) is 0 Å². The van der Waals surface area contributed by atoms with E-state index in [9.17, 15) is 0 Å². The Labute approximate surface area is 128 Å². The van der Waals surface area contributed by atoms with E-state index < -0.39 is 0 Å². The van der Waals surface area contributed by atoms with Crippen LogP contribution in [-0.4, -0.2) is 29.6 Å². The fourth-order valence-electron chi connectivity index (χ4n) is 1.96. The van der Waals surface area contributed by atoms with Gasteiger partial charge in [-0.3, -0.25) is 0 Å². The molecule has 0 aliphatic carbocycles. The summed E-state index contributed by atoms with van der Waals surface area (Å²) in [6, 6.07) is 2.12. The summed E-state index contributed by atoms with van der Waals surface area (Å²) in [5, 5.41) is 3.29. The molecule has 0 bridgehead atoms. The van der Waals surface area contributed by atoms with Crippen LogP contribution in [0.15, 0.2) is 30.8 Å². The summed E-state index contributed by atoms with van der Waals surface area (Å²) >= 11 is 0. The van der Waals surface area contributed by atoms with Gasteiger partial charge in [-0.2, -0.15) is 0 Å². The van der Waals surface area contributed by atoms with Crippen molar-refractivity contribution in [3.05, 3.63) is 47.6 Å². The Balaban J connectivity index is 2.96. The Morgan fingerprint density at radius 1 is 1.24 bits per heavy atom. The van der Waals surface area contributed by atoms with Gasteiger partial charge >= 0.3 is 0 Å². The minimum Gasteiger partial charge on any atom is -0.499 e. The van der Waals surface area contributed by atoms with Crippen LogP contribution in [-0.2, 0) is 4.74 Å². The first kappa shape index (κ1) is 17.1. The number of hydrogen-bond donors (Lipinski definition) is 1. The number of pyridine rings is 1. The summed E-state index contributed by atoms with van der Waals surface area (Å²) in [4.78, 5) is 6.58. The van der Waals surface area contributed by atoms with Crippen molar-refractivity contribution in [3.8, 4) is 0 Å². The first-order valence-corrected chi connectivity index (χ1v) is 6.99. The van der Waals surface area contributed by atoms with E-state index in [-0.39, 0.29) is 5.54 Å². The fourth-order valence-corrected chi connectivity index (χ4v) is 1.96. The molecule has 0 fully saturated rings. The van der Waals surface area contributed by atoms with E-state index in [2.05, 4.69) is 36.4 Å². The van der Waals surface area contributed by atoms with E-state index in [4.69, 9.17) is 4.74 Å². The van der Waals surface area contributed by atoms with Crippen molar-refractivity contribution < 1.29 is 4.74 Å². The van der Waals surface area contributed by atoms with Crippen LogP contribution >= 0.6 is 0 Å². The average molecular weight is 289 g/mol. The molecular formula is C17H27N3O. The standard InChI is InChI=1S/C17H27N3O/c1-11-10-12(2)16(18-13(11)3)19-15(5)20(8)17(6,7)14(4)21-9/h10H,4-5H2,1-3,6-9H3,(H,18,19). The topological polar surface area (TPSA) is 37.4 Å². The Kier molecular flexibility index (Phi) is 5.05. The van der Waals surface area contributed by atoms with E-state index in [1.807, 2.05) is 39.6 Å². The van der Waals surface area contributed by atoms with Gasteiger partial charge in [-0.1, -0.05) is 19.2 Å². The van der Waals surface area contributed by atoms with Crippen molar-refractivity contribution in [2.45, 2.75) is 40.2 Å². The Morgan fingerprint density at radius 3 is 2.33 bits per heavy atom. The van der Waals surface area contributed by atoms with Crippen LogP contribution in [0.4, 0.5) is 5.82 Å². The quantitative estimate of drug-likeness (QED) is 0.809. The number of likely N-dealkylation sites (N-methyl/N-ethyl adjacent to an activating group) is 1. The van der Waals surface area contributed by atoms with Gasteiger partial charge in [0.25, 0.3) is 0 Å². The molecule has 0 aliphatic rings. The number of anilines is 1. The molecule has 1 heterocycles. The summed E-state index contributed by atoms with van der Waals surface area (Å²) in [6.07, 6.45) is 0. The number of ether oxygens (including phenoxy) is 1. The molecule has 1 aromatic heterocycles. The highest BCUT2D eigenvalue weighted by atomic mass is 16.5. The van der Waals surface area contributed by atoms with Gasteiger partial charge < -0.3 is 15.0 Å². The van der Waals surface area contributed by atoms with Crippen LogP contribution in [0.5, 0.6) is 0 Å². The molecule has 1 rings (SSSR count). The number of aryl methyl sites for hydroxylation is 3. The van der Waals surface area contributed by atoms with Crippen molar-refractivity contribution in [2.24, 2.45) is 0 Å². The smallest absolute Gasteiger partial charge is 0.134 e. The molecule has 0 spiro atoms.